The van der Waals surface area contributed by atoms with Crippen LogP contribution in [0.5, 0.6) is 5.75 Å². The molecule has 0 unspecified atom stereocenters. The first-order valence-corrected chi connectivity index (χ1v) is 9.42. The monoisotopic (exact) mass is 423 g/mol. The summed E-state index contributed by atoms with van der Waals surface area (Å²) in [5.74, 6) is -0.462. The summed E-state index contributed by atoms with van der Waals surface area (Å²) >= 11 is 1.04. The molecular weight excluding hydrogens is 407 g/mol. The third-order valence-electron chi connectivity index (χ3n) is 3.86. The molecule has 0 saturated heterocycles. The molecule has 0 fully saturated rings. The molecule has 0 atom stereocenters. The van der Waals surface area contributed by atoms with Gasteiger partial charge in [-0.15, -0.1) is 11.3 Å². The van der Waals surface area contributed by atoms with Crippen LogP contribution in [0.1, 0.15) is 28.7 Å². The van der Waals surface area contributed by atoms with Gasteiger partial charge in [0.15, 0.2) is 6.20 Å². The van der Waals surface area contributed by atoms with Crippen molar-refractivity contribution >= 4 is 17.2 Å². The Morgan fingerprint density at radius 2 is 2.10 bits per heavy atom. The summed E-state index contributed by atoms with van der Waals surface area (Å²) in [6.45, 7) is 1.88. The zero-order chi connectivity index (χ0) is 21.0. The number of halogens is 3. The van der Waals surface area contributed by atoms with Crippen molar-refractivity contribution in [2.75, 3.05) is 6.61 Å². The lowest BCUT2D eigenvalue weighted by atomic mass is 10.1. The number of nitrogens with one attached hydrogen (secondary N) is 1. The van der Waals surface area contributed by atoms with Crippen molar-refractivity contribution in [3.63, 3.8) is 0 Å². The van der Waals surface area contributed by atoms with Crippen molar-refractivity contribution in [1.82, 2.24) is 10.3 Å². The molecule has 2 heterocycles. The van der Waals surface area contributed by atoms with Crippen LogP contribution >= 0.6 is 11.3 Å². The van der Waals surface area contributed by atoms with Crippen LogP contribution in [0.3, 0.4) is 0 Å². The Labute approximate surface area is 168 Å². The maximum absolute atomic E-state index is 13.2. The van der Waals surface area contributed by atoms with Crippen molar-refractivity contribution in [2.45, 2.75) is 19.6 Å². The lowest BCUT2D eigenvalue weighted by Crippen LogP contribution is -2.35. The van der Waals surface area contributed by atoms with E-state index in [9.17, 15) is 23.2 Å². The number of rotatable bonds is 6. The number of ether oxygens (including phenoxy) is 1. The van der Waals surface area contributed by atoms with E-state index in [1.54, 1.807) is 25.1 Å². The topological polar surface area (TPSA) is 78.2 Å². The van der Waals surface area contributed by atoms with Crippen molar-refractivity contribution in [1.29, 1.82) is 0 Å². The van der Waals surface area contributed by atoms with E-state index in [1.165, 1.54) is 17.6 Å². The predicted molar refractivity (Wildman–Crippen MR) is 100 cm³/mol. The molecule has 2 aromatic heterocycles. The lowest BCUT2D eigenvalue weighted by molar-refractivity contribution is -0.614. The Morgan fingerprint density at radius 3 is 2.79 bits per heavy atom. The van der Waals surface area contributed by atoms with Crippen molar-refractivity contribution in [2.24, 2.45) is 0 Å². The molecule has 1 aromatic carbocycles. The summed E-state index contributed by atoms with van der Waals surface area (Å²) < 4.78 is 45.4. The lowest BCUT2D eigenvalue weighted by Gasteiger charge is -2.11. The number of carbonyl (C=O) groups is 1. The van der Waals surface area contributed by atoms with E-state index in [4.69, 9.17) is 4.74 Å². The molecule has 0 aliphatic carbocycles. The summed E-state index contributed by atoms with van der Waals surface area (Å²) in [4.78, 5) is 16.4. The molecule has 0 spiro atoms. The fourth-order valence-electron chi connectivity index (χ4n) is 2.51. The largest absolute Gasteiger partial charge is 0.618 e. The molecule has 3 aromatic rings. The summed E-state index contributed by atoms with van der Waals surface area (Å²) in [6, 6.07) is 8.14. The third-order valence-corrected chi connectivity index (χ3v) is 4.75. The molecule has 1 N–H and O–H groups in total. The molecule has 0 radical (unpaired) electrons. The highest BCUT2D eigenvalue weighted by Crippen LogP contribution is 2.36. The van der Waals surface area contributed by atoms with E-state index >= 15 is 0 Å². The molecular formula is C19H16F3N3O3S. The third kappa shape index (κ3) is 5.02. The van der Waals surface area contributed by atoms with Gasteiger partial charge in [0.05, 0.1) is 12.2 Å². The molecule has 0 aliphatic rings. The van der Waals surface area contributed by atoms with Crippen LogP contribution in [-0.4, -0.2) is 17.5 Å². The van der Waals surface area contributed by atoms with E-state index < -0.39 is 17.6 Å². The number of pyridine rings is 1. The van der Waals surface area contributed by atoms with Gasteiger partial charge in [-0.05, 0) is 31.2 Å². The average molecular weight is 423 g/mol. The molecule has 29 heavy (non-hydrogen) atoms. The first-order valence-electron chi connectivity index (χ1n) is 8.54. The number of benzene rings is 1. The van der Waals surface area contributed by atoms with Crippen LogP contribution < -0.4 is 14.8 Å². The zero-order valence-corrected chi connectivity index (χ0v) is 16.0. The van der Waals surface area contributed by atoms with Gasteiger partial charge < -0.3 is 15.3 Å². The van der Waals surface area contributed by atoms with Crippen LogP contribution in [0.4, 0.5) is 13.2 Å². The fourth-order valence-corrected chi connectivity index (χ4v) is 3.30. The van der Waals surface area contributed by atoms with Crippen LogP contribution in [0, 0.1) is 5.21 Å². The van der Waals surface area contributed by atoms with Gasteiger partial charge in [0.2, 0.25) is 5.69 Å². The zero-order valence-electron chi connectivity index (χ0n) is 15.2. The van der Waals surface area contributed by atoms with Gasteiger partial charge in [-0.25, -0.2) is 4.98 Å². The molecule has 0 aliphatic heterocycles. The van der Waals surface area contributed by atoms with Gasteiger partial charge in [0, 0.05) is 23.1 Å². The summed E-state index contributed by atoms with van der Waals surface area (Å²) in [5.41, 5.74) is -0.263. The maximum atomic E-state index is 13.2. The molecule has 0 saturated carbocycles. The van der Waals surface area contributed by atoms with Gasteiger partial charge in [0.25, 0.3) is 5.91 Å². The molecule has 1 amide bonds. The molecule has 0 bridgehead atoms. The van der Waals surface area contributed by atoms with Crippen molar-refractivity contribution in [3.8, 4) is 16.3 Å². The Bertz CT molecular complexity index is 1020. The highest BCUT2D eigenvalue weighted by molar-refractivity contribution is 7.13. The number of hydrogen-bond acceptors (Lipinski definition) is 5. The number of nitrogens with zero attached hydrogens (tertiary/aromatic N) is 2. The quantitative estimate of drug-likeness (QED) is 0.483. The number of aromatic nitrogens is 2. The van der Waals surface area contributed by atoms with E-state index in [2.05, 4.69) is 10.3 Å². The first-order chi connectivity index (χ1) is 13.8. The van der Waals surface area contributed by atoms with Crippen molar-refractivity contribution in [3.05, 3.63) is 70.1 Å². The number of thiazole rings is 1. The Morgan fingerprint density at radius 1 is 1.31 bits per heavy atom. The molecule has 152 valence electrons. The Kier molecular flexibility index (Phi) is 6.02. The highest BCUT2D eigenvalue weighted by atomic mass is 32.1. The van der Waals surface area contributed by atoms with Crippen molar-refractivity contribution < 1.29 is 27.4 Å². The minimum absolute atomic E-state index is 0.00587. The standard InChI is InChI=1S/C19H16F3N3O3S/c1-2-28-15-8-12(7-13(9-15)19(20,21)22)18-24-16(11-29-18)17(26)23-10-14-5-3-4-6-25(14)27/h3-9,11H,2,10H2,1H3,(H,23,26). The van der Waals surface area contributed by atoms with Gasteiger partial charge >= 0.3 is 6.18 Å². The minimum Gasteiger partial charge on any atom is -0.618 e. The Balaban J connectivity index is 1.81. The molecule has 3 rings (SSSR count). The van der Waals surface area contributed by atoms with Gasteiger partial charge in [0.1, 0.15) is 23.0 Å². The second-order valence-electron chi connectivity index (χ2n) is 5.92. The van der Waals surface area contributed by atoms with E-state index in [0.29, 0.717) is 10.4 Å². The second kappa shape index (κ2) is 8.48. The van der Waals surface area contributed by atoms with Gasteiger partial charge in [-0.3, -0.25) is 4.79 Å². The maximum Gasteiger partial charge on any atom is 0.416 e. The van der Waals surface area contributed by atoms with E-state index in [1.807, 2.05) is 0 Å². The van der Waals surface area contributed by atoms with E-state index in [-0.39, 0.29) is 35.2 Å². The SMILES string of the molecule is CCOc1cc(-c2nc(C(=O)NCc3cccc[n+]3[O-])cs2)cc(C(F)(F)F)c1. The van der Waals surface area contributed by atoms with Gasteiger partial charge in [-0.2, -0.15) is 17.9 Å². The molecule has 10 heteroatoms. The summed E-state index contributed by atoms with van der Waals surface area (Å²) in [5, 5.41) is 15.9. The van der Waals surface area contributed by atoms with Crippen LogP contribution in [0.2, 0.25) is 0 Å². The van der Waals surface area contributed by atoms with Crippen LogP contribution in [0.25, 0.3) is 10.6 Å². The highest BCUT2D eigenvalue weighted by Gasteiger charge is 2.32. The van der Waals surface area contributed by atoms with Crippen LogP contribution in [-0.2, 0) is 12.7 Å². The number of amides is 1. The minimum atomic E-state index is -4.54. The fraction of sp³-hybridized carbons (Fsp3) is 0.211. The summed E-state index contributed by atoms with van der Waals surface area (Å²) in [6.07, 6.45) is -3.23. The number of carbonyl (C=O) groups excluding carboxylic acids is 1. The first kappa shape index (κ1) is 20.6. The van der Waals surface area contributed by atoms with E-state index in [0.717, 1.165) is 23.5 Å². The smallest absolute Gasteiger partial charge is 0.416 e. The van der Waals surface area contributed by atoms with Crippen LogP contribution in [0.15, 0.2) is 48.0 Å². The van der Waals surface area contributed by atoms with Gasteiger partial charge in [-0.1, -0.05) is 0 Å². The average Bonchev–Trinajstić information content (AvgIpc) is 3.17. The normalized spacial score (nSPS) is 11.3. The number of alkyl halides is 3. The molecule has 6 nitrogen and oxygen atoms in total. The summed E-state index contributed by atoms with van der Waals surface area (Å²) in [7, 11) is 0. The second-order valence-corrected chi connectivity index (χ2v) is 6.77. The Hall–Kier alpha value is -3.14. The predicted octanol–water partition coefficient (Wildman–Crippen LogP) is 3.79. The number of hydrogen-bond donors (Lipinski definition) is 1.